The number of hydrogen-bond donors (Lipinski definition) is 2. The molecule has 154 valence electrons. The summed E-state index contributed by atoms with van der Waals surface area (Å²) in [6, 6.07) is 12.3. The Morgan fingerprint density at radius 1 is 0.875 bits per heavy atom. The SMILES string of the molecule is O=S(=O)([O-])Oc1cc2c(cc1O)c1c3[nH]c4ccccc4c3ccc1n2S(=O)(=O)[O-].[Na+].[Na+]. The van der Waals surface area contributed by atoms with Gasteiger partial charge in [-0.2, -0.15) is 0 Å². The summed E-state index contributed by atoms with van der Waals surface area (Å²) in [5, 5.41) is 12.3. The number of rotatable bonds is 3. The van der Waals surface area contributed by atoms with E-state index in [4.69, 9.17) is 0 Å². The molecule has 10 nitrogen and oxygen atoms in total. The van der Waals surface area contributed by atoms with Crippen LogP contribution in [0.2, 0.25) is 0 Å². The minimum absolute atomic E-state index is 0. The number of phenols is 1. The van der Waals surface area contributed by atoms with E-state index in [1.807, 2.05) is 24.3 Å². The minimum atomic E-state index is -5.25. The molecule has 0 saturated carbocycles. The van der Waals surface area contributed by atoms with Gasteiger partial charge in [-0.15, -0.1) is 0 Å². The van der Waals surface area contributed by atoms with E-state index in [9.17, 15) is 31.0 Å². The van der Waals surface area contributed by atoms with E-state index >= 15 is 0 Å². The van der Waals surface area contributed by atoms with Crippen LogP contribution in [0.15, 0.2) is 48.5 Å². The molecule has 5 rings (SSSR count). The predicted molar refractivity (Wildman–Crippen MR) is 106 cm³/mol. The van der Waals surface area contributed by atoms with E-state index in [1.54, 1.807) is 6.07 Å². The van der Waals surface area contributed by atoms with Gasteiger partial charge in [0, 0.05) is 33.1 Å². The van der Waals surface area contributed by atoms with Crippen LogP contribution in [0.3, 0.4) is 0 Å². The van der Waals surface area contributed by atoms with Gasteiger partial charge in [-0.25, -0.2) is 20.8 Å². The molecule has 0 fully saturated rings. The van der Waals surface area contributed by atoms with Crippen LogP contribution in [-0.2, 0) is 20.7 Å². The fourth-order valence-electron chi connectivity index (χ4n) is 3.82. The van der Waals surface area contributed by atoms with E-state index < -0.39 is 32.2 Å². The minimum Gasteiger partial charge on any atom is -0.731 e. The van der Waals surface area contributed by atoms with E-state index in [1.165, 1.54) is 6.07 Å². The molecule has 0 atom stereocenters. The van der Waals surface area contributed by atoms with Gasteiger partial charge in [0.05, 0.1) is 16.6 Å². The summed E-state index contributed by atoms with van der Waals surface area (Å²) >= 11 is 0. The van der Waals surface area contributed by atoms with E-state index in [0.29, 0.717) is 14.9 Å². The Labute approximate surface area is 225 Å². The van der Waals surface area contributed by atoms with Gasteiger partial charge in [0.2, 0.25) is 0 Å². The molecule has 2 aromatic heterocycles. The second-order valence-corrected chi connectivity index (χ2v) is 8.81. The van der Waals surface area contributed by atoms with Crippen molar-refractivity contribution in [3.63, 3.8) is 0 Å². The summed E-state index contributed by atoms with van der Waals surface area (Å²) in [7, 11) is -10.3. The zero-order chi connectivity index (χ0) is 21.4. The topological polar surface area (TPSA) is 165 Å². The van der Waals surface area contributed by atoms with Crippen molar-refractivity contribution in [2.45, 2.75) is 0 Å². The number of hydrogen-bond acceptors (Lipinski definition) is 8. The number of phenolic OH excluding ortho intramolecular Hbond substituents is 1. The van der Waals surface area contributed by atoms with Crippen LogP contribution in [0.4, 0.5) is 0 Å². The Morgan fingerprint density at radius 2 is 1.56 bits per heavy atom. The van der Waals surface area contributed by atoms with E-state index in [-0.39, 0.29) is 75.5 Å². The third-order valence-corrected chi connectivity index (χ3v) is 6.08. The summed E-state index contributed by atoms with van der Waals surface area (Å²) < 4.78 is 73.5. The van der Waals surface area contributed by atoms with Crippen LogP contribution in [0, 0.1) is 0 Å². The van der Waals surface area contributed by atoms with Gasteiger partial charge in [0.25, 0.3) is 10.4 Å². The second kappa shape index (κ2) is 8.47. The maximum Gasteiger partial charge on any atom is 1.00 e. The van der Waals surface area contributed by atoms with Crippen LogP contribution in [0.5, 0.6) is 11.5 Å². The number of para-hydroxylation sites is 1. The normalized spacial score (nSPS) is 12.2. The molecule has 0 aliphatic carbocycles. The zero-order valence-electron chi connectivity index (χ0n) is 16.7. The molecule has 0 aliphatic heterocycles. The molecule has 0 bridgehead atoms. The van der Waals surface area contributed by atoms with Gasteiger partial charge >= 0.3 is 59.1 Å². The van der Waals surface area contributed by atoms with Gasteiger partial charge in [-0.3, -0.25) is 0 Å². The van der Waals surface area contributed by atoms with E-state index in [0.717, 1.165) is 28.4 Å². The van der Waals surface area contributed by atoms with Crippen molar-refractivity contribution in [2.24, 2.45) is 0 Å². The number of nitrogens with one attached hydrogen (secondary N) is 1. The Bertz CT molecular complexity index is 1740. The number of H-pyrrole nitrogens is 1. The Kier molecular flexibility index (Phi) is 6.70. The Morgan fingerprint density at radius 3 is 2.22 bits per heavy atom. The number of aromatic nitrogens is 2. The second-order valence-electron chi connectivity index (χ2n) is 6.60. The largest absolute Gasteiger partial charge is 1.00 e. The zero-order valence-corrected chi connectivity index (χ0v) is 22.3. The quantitative estimate of drug-likeness (QED) is 0.148. The summed E-state index contributed by atoms with van der Waals surface area (Å²) in [6.45, 7) is 0. The molecule has 0 aliphatic rings. The molecule has 0 unspecified atom stereocenters. The fourth-order valence-corrected chi connectivity index (χ4v) is 4.96. The molecule has 14 heteroatoms. The predicted octanol–water partition coefficient (Wildman–Crippen LogP) is -3.71. The van der Waals surface area contributed by atoms with Crippen molar-refractivity contribution >= 4 is 64.3 Å². The molecule has 0 saturated heterocycles. The molecule has 0 amide bonds. The molecule has 2 heterocycles. The molecular weight excluding hydrogens is 482 g/mol. The van der Waals surface area contributed by atoms with Crippen LogP contribution in [0.1, 0.15) is 0 Å². The molecule has 2 N–H and O–H groups in total. The molecule has 0 radical (unpaired) electrons. The molecule has 5 aromatic rings. The van der Waals surface area contributed by atoms with Gasteiger partial charge in [-0.1, -0.05) is 24.3 Å². The van der Waals surface area contributed by atoms with Crippen molar-refractivity contribution in [3.05, 3.63) is 48.5 Å². The maximum atomic E-state index is 12.0. The van der Waals surface area contributed by atoms with Gasteiger partial charge in [0.15, 0.2) is 21.8 Å². The monoisotopic (exact) mass is 492 g/mol. The van der Waals surface area contributed by atoms with Crippen molar-refractivity contribution in [1.29, 1.82) is 0 Å². The van der Waals surface area contributed by atoms with Crippen LogP contribution >= 0.6 is 0 Å². The number of nitrogens with zero attached hydrogens (tertiary/aromatic N) is 1. The Hall–Kier alpha value is -1.32. The first-order chi connectivity index (χ1) is 14.0. The third kappa shape index (κ3) is 4.05. The van der Waals surface area contributed by atoms with Crippen LogP contribution in [0.25, 0.3) is 43.6 Å². The average Bonchev–Trinajstić information content (AvgIpc) is 3.15. The van der Waals surface area contributed by atoms with Crippen molar-refractivity contribution in [1.82, 2.24) is 8.96 Å². The fraction of sp³-hybridized carbons (Fsp3) is 0. The summed E-state index contributed by atoms with van der Waals surface area (Å²) in [5.74, 6) is -1.50. The average molecular weight is 492 g/mol. The standard InChI is InChI=1S/C18H12N2O8S2.2Na/c21-15-7-11-14(8-16(15)28-30(25,26)27)20(29(22,23)24)13-6-5-10-9-3-1-2-4-12(9)19-18(10)17(11)13;;/h1-8,19,21H,(H,22,23,24)(H,25,26,27);;/q;2*+1/p-2. The number of fused-ring (bicyclic) bond motifs is 7. The van der Waals surface area contributed by atoms with Gasteiger partial charge in [-0.05, 0) is 18.2 Å². The molecule has 3 aromatic carbocycles. The summed E-state index contributed by atoms with van der Waals surface area (Å²) in [6.07, 6.45) is 0. The smallest absolute Gasteiger partial charge is 0.731 e. The van der Waals surface area contributed by atoms with Crippen molar-refractivity contribution in [3.8, 4) is 11.5 Å². The first-order valence-electron chi connectivity index (χ1n) is 8.37. The molecule has 0 spiro atoms. The summed E-state index contributed by atoms with van der Waals surface area (Å²) in [5.41, 5.74) is 1.06. The molecular formula is C18H10N2Na2O8S2. The van der Waals surface area contributed by atoms with Gasteiger partial charge < -0.3 is 23.4 Å². The summed E-state index contributed by atoms with van der Waals surface area (Å²) in [4.78, 5) is 3.18. The van der Waals surface area contributed by atoms with Crippen LogP contribution in [-0.4, -0.2) is 40.0 Å². The third-order valence-electron chi connectivity index (χ3n) is 4.86. The van der Waals surface area contributed by atoms with Crippen molar-refractivity contribution in [2.75, 3.05) is 0 Å². The number of benzene rings is 3. The Balaban J connectivity index is 0.00000144. The van der Waals surface area contributed by atoms with E-state index in [2.05, 4.69) is 9.17 Å². The number of aromatic amines is 1. The maximum absolute atomic E-state index is 12.0. The number of aromatic hydroxyl groups is 1. The first kappa shape index (κ1) is 25.3. The first-order valence-corrected chi connectivity index (χ1v) is 11.1. The van der Waals surface area contributed by atoms with Crippen LogP contribution < -0.4 is 63.3 Å². The van der Waals surface area contributed by atoms with Crippen molar-refractivity contribution < 1.29 is 94.3 Å². The van der Waals surface area contributed by atoms with Gasteiger partial charge in [0.1, 0.15) is 0 Å². The molecule has 32 heavy (non-hydrogen) atoms.